The molecule has 80 valence electrons. The third kappa shape index (κ3) is 2.23. The van der Waals surface area contributed by atoms with E-state index in [0.717, 1.165) is 0 Å². The first-order valence-corrected chi connectivity index (χ1v) is 4.76. The van der Waals surface area contributed by atoms with Crippen LogP contribution in [0.3, 0.4) is 0 Å². The van der Waals surface area contributed by atoms with Gasteiger partial charge in [-0.05, 0) is 14.0 Å². The molecule has 0 aromatic rings. The average Bonchev–Trinajstić information content (AvgIpc) is 2.20. The molecule has 0 radical (unpaired) electrons. The average molecular weight is 199 g/mol. The number of nitrogens with zero attached hydrogens (tertiary/aromatic N) is 2. The molecule has 0 aliphatic carbocycles. The number of carbonyl (C=O) groups is 2. The van der Waals surface area contributed by atoms with Gasteiger partial charge >= 0.3 is 0 Å². The fraction of sp³-hybridized carbons (Fsp3) is 0.778. The van der Waals surface area contributed by atoms with Crippen molar-refractivity contribution in [3.05, 3.63) is 0 Å². The van der Waals surface area contributed by atoms with Gasteiger partial charge in [-0.1, -0.05) is 0 Å². The van der Waals surface area contributed by atoms with Gasteiger partial charge in [0, 0.05) is 20.1 Å². The van der Waals surface area contributed by atoms with Gasteiger partial charge in [-0.3, -0.25) is 9.59 Å². The lowest BCUT2D eigenvalue weighted by Gasteiger charge is -2.33. The van der Waals surface area contributed by atoms with Gasteiger partial charge in [-0.25, -0.2) is 0 Å². The zero-order valence-corrected chi connectivity index (χ0v) is 8.91. The van der Waals surface area contributed by atoms with Crippen LogP contribution < -0.4 is 5.32 Å². The van der Waals surface area contributed by atoms with Crippen LogP contribution >= 0.6 is 0 Å². The summed E-state index contributed by atoms with van der Waals surface area (Å²) in [7, 11) is 3.49. The second-order valence-corrected chi connectivity index (χ2v) is 3.59. The number of nitrogens with one attached hydrogen (secondary N) is 1. The Labute approximate surface area is 84.0 Å². The van der Waals surface area contributed by atoms with Crippen molar-refractivity contribution >= 4 is 11.8 Å². The Morgan fingerprint density at radius 3 is 2.64 bits per heavy atom. The lowest BCUT2D eigenvalue weighted by Crippen LogP contribution is -2.54. The Morgan fingerprint density at radius 2 is 2.14 bits per heavy atom. The lowest BCUT2D eigenvalue weighted by molar-refractivity contribution is -0.145. The molecule has 1 atom stereocenters. The minimum atomic E-state index is -0.216. The highest BCUT2D eigenvalue weighted by Gasteiger charge is 2.26. The molecule has 1 aliphatic rings. The van der Waals surface area contributed by atoms with Crippen LogP contribution in [-0.4, -0.2) is 61.4 Å². The molecule has 0 bridgehead atoms. The van der Waals surface area contributed by atoms with Crippen molar-refractivity contribution in [1.29, 1.82) is 0 Å². The zero-order chi connectivity index (χ0) is 10.7. The fourth-order valence-electron chi connectivity index (χ4n) is 1.34. The summed E-state index contributed by atoms with van der Waals surface area (Å²) >= 11 is 0. The van der Waals surface area contributed by atoms with Crippen LogP contribution in [-0.2, 0) is 9.59 Å². The molecule has 14 heavy (non-hydrogen) atoms. The van der Waals surface area contributed by atoms with Crippen molar-refractivity contribution in [2.45, 2.75) is 13.0 Å². The van der Waals surface area contributed by atoms with Gasteiger partial charge < -0.3 is 15.1 Å². The Hall–Kier alpha value is -1.10. The van der Waals surface area contributed by atoms with E-state index in [1.165, 1.54) is 0 Å². The molecule has 0 aromatic heterocycles. The van der Waals surface area contributed by atoms with E-state index >= 15 is 0 Å². The van der Waals surface area contributed by atoms with Gasteiger partial charge in [0.1, 0.15) is 0 Å². The first-order valence-electron chi connectivity index (χ1n) is 4.76. The van der Waals surface area contributed by atoms with Crippen molar-refractivity contribution in [3.63, 3.8) is 0 Å². The number of likely N-dealkylation sites (N-methyl/N-ethyl adjacent to an activating group) is 2. The predicted molar refractivity (Wildman–Crippen MR) is 52.7 cm³/mol. The van der Waals surface area contributed by atoms with Crippen molar-refractivity contribution in [2.75, 3.05) is 33.7 Å². The third-order valence-electron chi connectivity index (χ3n) is 2.57. The Balaban J connectivity index is 2.54. The standard InChI is InChI=1S/C9H17N3O2/c1-7(10-2)9(14)12-5-4-11(3)8(13)6-12/h7,10H,4-6H2,1-3H3. The molecule has 1 heterocycles. The maximum absolute atomic E-state index is 11.7. The van der Waals surface area contributed by atoms with E-state index in [-0.39, 0.29) is 24.4 Å². The summed E-state index contributed by atoms with van der Waals surface area (Å²) in [5, 5.41) is 2.87. The molecule has 0 aromatic carbocycles. The van der Waals surface area contributed by atoms with Crippen LogP contribution in [0.4, 0.5) is 0 Å². The van der Waals surface area contributed by atoms with Crippen LogP contribution in [0.25, 0.3) is 0 Å². The normalized spacial score (nSPS) is 19.8. The van der Waals surface area contributed by atoms with Gasteiger partial charge in [-0.2, -0.15) is 0 Å². The van der Waals surface area contributed by atoms with E-state index in [0.29, 0.717) is 13.1 Å². The highest BCUT2D eigenvalue weighted by Crippen LogP contribution is 2.03. The zero-order valence-electron chi connectivity index (χ0n) is 8.91. The topological polar surface area (TPSA) is 52.7 Å². The van der Waals surface area contributed by atoms with Gasteiger partial charge in [0.15, 0.2) is 0 Å². The molecule has 1 N–H and O–H groups in total. The quantitative estimate of drug-likeness (QED) is 0.614. The molecular formula is C9H17N3O2. The van der Waals surface area contributed by atoms with Crippen molar-refractivity contribution < 1.29 is 9.59 Å². The molecule has 5 nitrogen and oxygen atoms in total. The van der Waals surface area contributed by atoms with Crippen LogP contribution in [0.1, 0.15) is 6.92 Å². The smallest absolute Gasteiger partial charge is 0.241 e. The summed E-state index contributed by atoms with van der Waals surface area (Å²) in [5.74, 6) is 0.00172. The predicted octanol–water partition coefficient (Wildman–Crippen LogP) is -1.11. The SMILES string of the molecule is CNC(C)C(=O)N1CCN(C)C(=O)C1. The molecule has 5 heteroatoms. The highest BCUT2D eigenvalue weighted by molar-refractivity contribution is 5.88. The first kappa shape index (κ1) is 11.0. The highest BCUT2D eigenvalue weighted by atomic mass is 16.2. The van der Waals surface area contributed by atoms with Crippen molar-refractivity contribution in [1.82, 2.24) is 15.1 Å². The monoisotopic (exact) mass is 199 g/mol. The summed E-state index contributed by atoms with van der Waals surface area (Å²) in [6.07, 6.45) is 0. The van der Waals surface area contributed by atoms with Gasteiger partial charge in [0.2, 0.25) is 11.8 Å². The number of amides is 2. The van der Waals surface area contributed by atoms with E-state index in [1.54, 1.807) is 30.8 Å². The number of carbonyl (C=O) groups excluding carboxylic acids is 2. The molecule has 1 fully saturated rings. The van der Waals surface area contributed by atoms with Gasteiger partial charge in [0.25, 0.3) is 0 Å². The first-order chi connectivity index (χ1) is 6.56. The minimum Gasteiger partial charge on any atom is -0.342 e. The summed E-state index contributed by atoms with van der Waals surface area (Å²) in [6, 6.07) is -0.216. The van der Waals surface area contributed by atoms with E-state index in [4.69, 9.17) is 0 Å². The van der Waals surface area contributed by atoms with E-state index in [9.17, 15) is 9.59 Å². The summed E-state index contributed by atoms with van der Waals surface area (Å²) in [5.41, 5.74) is 0. The summed E-state index contributed by atoms with van der Waals surface area (Å²) < 4.78 is 0. The number of piperazine rings is 1. The molecule has 0 saturated carbocycles. The van der Waals surface area contributed by atoms with Crippen LogP contribution in [0.5, 0.6) is 0 Å². The lowest BCUT2D eigenvalue weighted by atomic mass is 10.2. The van der Waals surface area contributed by atoms with Crippen LogP contribution in [0.15, 0.2) is 0 Å². The van der Waals surface area contributed by atoms with Gasteiger partial charge in [-0.15, -0.1) is 0 Å². The Kier molecular flexibility index (Phi) is 3.46. The molecule has 1 aliphatic heterocycles. The molecule has 1 unspecified atom stereocenters. The summed E-state index contributed by atoms with van der Waals surface area (Å²) in [6.45, 7) is 3.26. The Bertz CT molecular complexity index is 242. The minimum absolute atomic E-state index is 0.00560. The molecular weight excluding hydrogens is 182 g/mol. The largest absolute Gasteiger partial charge is 0.342 e. The van der Waals surface area contributed by atoms with E-state index < -0.39 is 0 Å². The second-order valence-electron chi connectivity index (χ2n) is 3.59. The number of hydrogen-bond donors (Lipinski definition) is 1. The summed E-state index contributed by atoms with van der Waals surface area (Å²) in [4.78, 5) is 26.3. The Morgan fingerprint density at radius 1 is 1.50 bits per heavy atom. The second kappa shape index (κ2) is 4.41. The molecule has 0 spiro atoms. The molecule has 1 rings (SSSR count). The fourth-order valence-corrected chi connectivity index (χ4v) is 1.34. The third-order valence-corrected chi connectivity index (χ3v) is 2.57. The van der Waals surface area contributed by atoms with Crippen molar-refractivity contribution in [2.24, 2.45) is 0 Å². The van der Waals surface area contributed by atoms with Crippen molar-refractivity contribution in [3.8, 4) is 0 Å². The maximum Gasteiger partial charge on any atom is 0.241 e. The van der Waals surface area contributed by atoms with E-state index in [2.05, 4.69) is 5.32 Å². The number of hydrogen-bond acceptors (Lipinski definition) is 3. The molecule has 2 amide bonds. The number of rotatable bonds is 2. The van der Waals surface area contributed by atoms with Gasteiger partial charge in [0.05, 0.1) is 12.6 Å². The van der Waals surface area contributed by atoms with Crippen LogP contribution in [0, 0.1) is 0 Å². The van der Waals surface area contributed by atoms with E-state index in [1.807, 2.05) is 0 Å². The molecule has 1 saturated heterocycles. The maximum atomic E-state index is 11.7. The van der Waals surface area contributed by atoms with Crippen LogP contribution in [0.2, 0.25) is 0 Å².